The van der Waals surface area contributed by atoms with Crippen molar-refractivity contribution in [2.24, 2.45) is 0 Å². The molecule has 1 rings (SSSR count). The van der Waals surface area contributed by atoms with Crippen molar-refractivity contribution in [1.29, 1.82) is 0 Å². The van der Waals surface area contributed by atoms with E-state index in [1.807, 2.05) is 0 Å². The van der Waals surface area contributed by atoms with Crippen molar-refractivity contribution in [2.45, 2.75) is 33.3 Å². The summed E-state index contributed by atoms with van der Waals surface area (Å²) in [5, 5.41) is 9.98. The lowest BCUT2D eigenvalue weighted by Gasteiger charge is -2.20. The summed E-state index contributed by atoms with van der Waals surface area (Å²) in [6.07, 6.45) is 0.0650. The number of rotatable bonds is 6. The second-order valence-electron chi connectivity index (χ2n) is 4.34. The summed E-state index contributed by atoms with van der Waals surface area (Å²) in [6.45, 7) is 8.71. The topological polar surface area (TPSA) is 23.5 Å². The molecule has 1 aromatic rings. The third-order valence-electron chi connectivity index (χ3n) is 3.19. The number of benzene rings is 1. The van der Waals surface area contributed by atoms with E-state index in [9.17, 15) is 9.50 Å². The Kier molecular flexibility index (Phi) is 5.59. The molecule has 0 aromatic heterocycles. The Labute approximate surface area is 103 Å². The van der Waals surface area contributed by atoms with Gasteiger partial charge in [-0.05, 0) is 43.6 Å². The van der Waals surface area contributed by atoms with Gasteiger partial charge in [0.2, 0.25) is 0 Å². The van der Waals surface area contributed by atoms with Crippen LogP contribution in [-0.2, 0) is 0 Å². The van der Waals surface area contributed by atoms with Crippen LogP contribution < -0.4 is 0 Å². The van der Waals surface area contributed by atoms with Gasteiger partial charge in [-0.25, -0.2) is 4.39 Å². The number of aryl methyl sites for hydroxylation is 1. The van der Waals surface area contributed by atoms with Gasteiger partial charge in [0.05, 0.1) is 6.10 Å². The summed E-state index contributed by atoms with van der Waals surface area (Å²) in [4.78, 5) is 2.24. The number of hydrogen-bond acceptors (Lipinski definition) is 2. The van der Waals surface area contributed by atoms with Crippen molar-refractivity contribution in [2.75, 3.05) is 19.6 Å². The van der Waals surface area contributed by atoms with Crippen molar-refractivity contribution >= 4 is 0 Å². The maximum atomic E-state index is 13.3. The van der Waals surface area contributed by atoms with Crippen molar-refractivity contribution < 1.29 is 9.50 Å². The fraction of sp³-hybridized carbons (Fsp3) is 0.571. The molecule has 1 atom stereocenters. The lowest BCUT2D eigenvalue weighted by molar-refractivity contribution is 0.145. The molecule has 3 heteroatoms. The summed E-state index contributed by atoms with van der Waals surface area (Å²) in [5.41, 5.74) is 1.28. The number of aliphatic hydroxyl groups excluding tert-OH is 1. The zero-order valence-electron chi connectivity index (χ0n) is 10.9. The van der Waals surface area contributed by atoms with Gasteiger partial charge in [0, 0.05) is 6.54 Å². The van der Waals surface area contributed by atoms with E-state index in [1.54, 1.807) is 19.1 Å². The fourth-order valence-electron chi connectivity index (χ4n) is 1.83. The van der Waals surface area contributed by atoms with Gasteiger partial charge in [0.25, 0.3) is 0 Å². The number of aliphatic hydroxyl groups is 1. The molecule has 0 spiro atoms. The van der Waals surface area contributed by atoms with Gasteiger partial charge in [-0.3, -0.25) is 0 Å². The predicted octanol–water partition coefficient (Wildman–Crippen LogP) is 2.90. The molecule has 0 saturated heterocycles. The molecule has 1 N–H and O–H groups in total. The maximum absolute atomic E-state index is 13.3. The summed E-state index contributed by atoms with van der Waals surface area (Å²) >= 11 is 0. The van der Waals surface area contributed by atoms with Crippen LogP contribution in [0, 0.1) is 12.7 Å². The second-order valence-corrected chi connectivity index (χ2v) is 4.34. The van der Waals surface area contributed by atoms with Crippen molar-refractivity contribution in [3.05, 3.63) is 35.1 Å². The Morgan fingerprint density at radius 3 is 2.47 bits per heavy atom. The van der Waals surface area contributed by atoms with Crippen molar-refractivity contribution in [3.63, 3.8) is 0 Å². The molecule has 0 radical (unpaired) electrons. The van der Waals surface area contributed by atoms with Gasteiger partial charge in [0.1, 0.15) is 5.82 Å². The van der Waals surface area contributed by atoms with E-state index in [1.165, 1.54) is 6.07 Å². The molecule has 96 valence electrons. The van der Waals surface area contributed by atoms with Gasteiger partial charge >= 0.3 is 0 Å². The largest absolute Gasteiger partial charge is 0.388 e. The van der Waals surface area contributed by atoms with E-state index in [0.717, 1.165) is 19.6 Å². The maximum Gasteiger partial charge on any atom is 0.126 e. The number of hydrogen-bond donors (Lipinski definition) is 1. The van der Waals surface area contributed by atoms with Crippen LogP contribution in [0.15, 0.2) is 18.2 Å². The minimum absolute atomic E-state index is 0.246. The van der Waals surface area contributed by atoms with Crippen LogP contribution in [-0.4, -0.2) is 29.6 Å². The molecule has 2 nitrogen and oxygen atoms in total. The molecular formula is C14H22FNO. The molecule has 1 unspecified atom stereocenters. The minimum atomic E-state index is -0.578. The normalized spacial score (nSPS) is 13.1. The van der Waals surface area contributed by atoms with Crippen LogP contribution >= 0.6 is 0 Å². The van der Waals surface area contributed by atoms with Crippen LogP contribution in [0.4, 0.5) is 4.39 Å². The Hall–Kier alpha value is -0.930. The van der Waals surface area contributed by atoms with Crippen molar-refractivity contribution in [1.82, 2.24) is 4.90 Å². The Balaban J connectivity index is 2.57. The summed E-state index contributed by atoms with van der Waals surface area (Å²) in [7, 11) is 0. The van der Waals surface area contributed by atoms with Crippen molar-refractivity contribution in [3.8, 4) is 0 Å². The second kappa shape index (κ2) is 6.72. The number of nitrogens with zero attached hydrogens (tertiary/aromatic N) is 1. The van der Waals surface area contributed by atoms with E-state index in [0.29, 0.717) is 17.5 Å². The van der Waals surface area contributed by atoms with E-state index < -0.39 is 6.10 Å². The Morgan fingerprint density at radius 1 is 1.29 bits per heavy atom. The molecule has 0 aliphatic rings. The molecule has 0 amide bonds. The van der Waals surface area contributed by atoms with Gasteiger partial charge < -0.3 is 10.0 Å². The molecule has 0 heterocycles. The summed E-state index contributed by atoms with van der Waals surface area (Å²) in [5.74, 6) is -0.246. The molecule has 0 bridgehead atoms. The van der Waals surface area contributed by atoms with Crippen LogP contribution in [0.1, 0.15) is 37.5 Å². The highest BCUT2D eigenvalue weighted by Gasteiger charge is 2.11. The highest BCUT2D eigenvalue weighted by Crippen LogP contribution is 2.19. The number of halogens is 1. The lowest BCUT2D eigenvalue weighted by Crippen LogP contribution is -2.25. The first-order valence-corrected chi connectivity index (χ1v) is 6.25. The van der Waals surface area contributed by atoms with Gasteiger partial charge in [0.15, 0.2) is 0 Å². The molecule has 1 aromatic carbocycles. The van der Waals surface area contributed by atoms with Gasteiger partial charge in [-0.1, -0.05) is 26.0 Å². The Bertz CT molecular complexity index is 350. The fourth-order valence-corrected chi connectivity index (χ4v) is 1.83. The monoisotopic (exact) mass is 239 g/mol. The summed E-state index contributed by atoms with van der Waals surface area (Å²) < 4.78 is 13.3. The highest BCUT2D eigenvalue weighted by atomic mass is 19.1. The van der Waals surface area contributed by atoms with E-state index >= 15 is 0 Å². The van der Waals surface area contributed by atoms with E-state index in [2.05, 4.69) is 18.7 Å². The third kappa shape index (κ3) is 4.10. The predicted molar refractivity (Wildman–Crippen MR) is 68.5 cm³/mol. The van der Waals surface area contributed by atoms with Crippen LogP contribution in [0.5, 0.6) is 0 Å². The third-order valence-corrected chi connectivity index (χ3v) is 3.19. The lowest BCUT2D eigenvalue weighted by atomic mass is 10.0. The smallest absolute Gasteiger partial charge is 0.126 e. The van der Waals surface area contributed by atoms with E-state index in [4.69, 9.17) is 0 Å². The average molecular weight is 239 g/mol. The standard InChI is InChI=1S/C14H22FNO/c1-4-16(5-2)9-8-14(17)12-7-6-11(3)13(15)10-12/h6-7,10,14,17H,4-5,8-9H2,1-3H3. The quantitative estimate of drug-likeness (QED) is 0.825. The van der Waals surface area contributed by atoms with E-state index in [-0.39, 0.29) is 5.82 Å². The zero-order valence-corrected chi connectivity index (χ0v) is 10.9. The summed E-state index contributed by atoms with van der Waals surface area (Å²) in [6, 6.07) is 4.94. The molecular weight excluding hydrogens is 217 g/mol. The first-order valence-electron chi connectivity index (χ1n) is 6.25. The molecule has 0 aliphatic carbocycles. The molecule has 0 saturated carbocycles. The SMILES string of the molecule is CCN(CC)CCC(O)c1ccc(C)c(F)c1. The molecule has 0 fully saturated rings. The molecule has 17 heavy (non-hydrogen) atoms. The van der Waals surface area contributed by atoms with Crippen LogP contribution in [0.2, 0.25) is 0 Å². The van der Waals surface area contributed by atoms with Crippen LogP contribution in [0.25, 0.3) is 0 Å². The zero-order chi connectivity index (χ0) is 12.8. The van der Waals surface area contributed by atoms with Gasteiger partial charge in [-0.2, -0.15) is 0 Å². The minimum Gasteiger partial charge on any atom is -0.388 e. The average Bonchev–Trinajstić information content (AvgIpc) is 2.33. The molecule has 0 aliphatic heterocycles. The Morgan fingerprint density at radius 2 is 1.94 bits per heavy atom. The van der Waals surface area contributed by atoms with Gasteiger partial charge in [-0.15, -0.1) is 0 Å². The first-order chi connectivity index (χ1) is 8.08. The first kappa shape index (κ1) is 14.1. The highest BCUT2D eigenvalue weighted by molar-refractivity contribution is 5.24. The van der Waals surface area contributed by atoms with Crippen LogP contribution in [0.3, 0.4) is 0 Å².